The molecule has 0 aliphatic rings. The molecule has 0 heterocycles. The lowest BCUT2D eigenvalue weighted by molar-refractivity contribution is -0.147. The number of carbonyl (C=O) groups excluding carboxylic acids is 3. The van der Waals surface area contributed by atoms with Crippen LogP contribution in [-0.2, 0) is 19.1 Å². The van der Waals surface area contributed by atoms with E-state index < -0.39 is 18.5 Å². The molecule has 27 heavy (non-hydrogen) atoms. The van der Waals surface area contributed by atoms with Crippen LogP contribution in [0.5, 0.6) is 5.75 Å². The number of hydrogen-bond acceptors (Lipinski definition) is 5. The molecule has 0 spiro atoms. The minimum atomic E-state index is -0.694. The number of ether oxygens (including phenoxy) is 2. The molecule has 2 aromatic rings. The van der Waals surface area contributed by atoms with Crippen molar-refractivity contribution in [3.8, 4) is 5.75 Å². The fourth-order valence-electron chi connectivity index (χ4n) is 2.27. The first kappa shape index (κ1) is 20.0. The molecule has 2 amide bonds. The van der Waals surface area contributed by atoms with Crippen molar-refractivity contribution in [1.82, 2.24) is 5.32 Å². The second-order valence-corrected chi connectivity index (χ2v) is 5.51. The highest BCUT2D eigenvalue weighted by Crippen LogP contribution is 2.13. The lowest BCUT2D eigenvalue weighted by Gasteiger charge is -2.20. The summed E-state index contributed by atoms with van der Waals surface area (Å²) in [5, 5.41) is 2.39. The normalized spacial score (nSPS) is 9.96. The summed E-state index contributed by atoms with van der Waals surface area (Å²) >= 11 is 0. The van der Waals surface area contributed by atoms with Crippen LogP contribution < -0.4 is 15.0 Å². The maximum Gasteiger partial charge on any atom is 0.325 e. The van der Waals surface area contributed by atoms with Crippen molar-refractivity contribution in [3.63, 3.8) is 0 Å². The highest BCUT2D eigenvalue weighted by molar-refractivity contribution is 5.95. The number of carbonyl (C=O) groups is 3. The molecule has 1 N–H and O–H groups in total. The quantitative estimate of drug-likeness (QED) is 0.680. The van der Waals surface area contributed by atoms with Gasteiger partial charge >= 0.3 is 5.97 Å². The third-order valence-electron chi connectivity index (χ3n) is 3.58. The largest absolute Gasteiger partial charge is 0.484 e. The monoisotopic (exact) mass is 370 g/mol. The molecule has 0 radical (unpaired) electrons. The number of rotatable bonds is 9. The van der Waals surface area contributed by atoms with Gasteiger partial charge in [-0.25, -0.2) is 0 Å². The van der Waals surface area contributed by atoms with E-state index in [9.17, 15) is 14.4 Å². The van der Waals surface area contributed by atoms with Crippen molar-refractivity contribution < 1.29 is 23.9 Å². The van der Waals surface area contributed by atoms with Gasteiger partial charge in [0, 0.05) is 12.2 Å². The van der Waals surface area contributed by atoms with E-state index in [1.165, 1.54) is 4.90 Å². The van der Waals surface area contributed by atoms with Gasteiger partial charge in [0.05, 0.1) is 0 Å². The van der Waals surface area contributed by atoms with Gasteiger partial charge in [-0.1, -0.05) is 36.4 Å². The summed E-state index contributed by atoms with van der Waals surface area (Å²) in [7, 11) is 0. The van der Waals surface area contributed by atoms with Crippen molar-refractivity contribution in [1.29, 1.82) is 0 Å². The van der Waals surface area contributed by atoms with Crippen LogP contribution in [0.2, 0.25) is 0 Å². The van der Waals surface area contributed by atoms with Crippen LogP contribution in [-0.4, -0.2) is 44.1 Å². The predicted molar refractivity (Wildman–Crippen MR) is 100 cm³/mol. The molecule has 2 rings (SSSR count). The Bertz CT molecular complexity index is 749. The summed E-state index contributed by atoms with van der Waals surface area (Å²) in [6.45, 7) is 1.35. The molecule has 142 valence electrons. The van der Waals surface area contributed by atoms with Gasteiger partial charge in [0.25, 0.3) is 11.8 Å². The summed E-state index contributed by atoms with van der Waals surface area (Å²) in [5.41, 5.74) is 0.729. The van der Waals surface area contributed by atoms with E-state index in [0.29, 0.717) is 12.3 Å². The summed E-state index contributed by atoms with van der Waals surface area (Å²) < 4.78 is 10.2. The SMILES string of the molecule is CCN(C(=O)COC(=O)CNC(=O)COc1ccccc1)c1ccccc1. The Hall–Kier alpha value is -3.35. The minimum Gasteiger partial charge on any atom is -0.484 e. The van der Waals surface area contributed by atoms with Gasteiger partial charge in [-0.3, -0.25) is 14.4 Å². The molecule has 7 nitrogen and oxygen atoms in total. The van der Waals surface area contributed by atoms with Crippen molar-refractivity contribution in [2.45, 2.75) is 6.92 Å². The summed E-state index contributed by atoms with van der Waals surface area (Å²) in [6.07, 6.45) is 0. The number of likely N-dealkylation sites (N-methyl/N-ethyl adjacent to an activating group) is 1. The molecule has 7 heteroatoms. The smallest absolute Gasteiger partial charge is 0.325 e. The van der Waals surface area contributed by atoms with Gasteiger partial charge < -0.3 is 19.7 Å². The molecular weight excluding hydrogens is 348 g/mol. The maximum absolute atomic E-state index is 12.2. The Balaban J connectivity index is 1.69. The maximum atomic E-state index is 12.2. The Labute approximate surface area is 157 Å². The first-order valence-electron chi connectivity index (χ1n) is 8.55. The number of nitrogens with one attached hydrogen (secondary N) is 1. The van der Waals surface area contributed by atoms with Crippen LogP contribution in [0, 0.1) is 0 Å². The minimum absolute atomic E-state index is 0.214. The van der Waals surface area contributed by atoms with Gasteiger partial charge in [0.1, 0.15) is 12.3 Å². The molecule has 0 aliphatic carbocycles. The molecule has 0 fully saturated rings. The van der Waals surface area contributed by atoms with E-state index in [4.69, 9.17) is 9.47 Å². The average Bonchev–Trinajstić information content (AvgIpc) is 2.71. The van der Waals surface area contributed by atoms with Crippen LogP contribution >= 0.6 is 0 Å². The molecule has 0 atom stereocenters. The number of benzene rings is 2. The van der Waals surface area contributed by atoms with Crippen LogP contribution in [0.3, 0.4) is 0 Å². The highest BCUT2D eigenvalue weighted by Gasteiger charge is 2.16. The van der Waals surface area contributed by atoms with Gasteiger partial charge in [0.2, 0.25) is 0 Å². The lowest BCUT2D eigenvalue weighted by atomic mass is 10.3. The number of amides is 2. The standard InChI is InChI=1S/C20H22N2O5/c1-2-22(16-9-5-3-6-10-16)19(24)15-27-20(25)13-21-18(23)14-26-17-11-7-4-8-12-17/h3-12H,2,13-15H2,1H3,(H,21,23). The first-order chi connectivity index (χ1) is 13.1. The molecule has 0 saturated heterocycles. The van der Waals surface area contributed by atoms with Crippen LogP contribution in [0.15, 0.2) is 60.7 Å². The summed E-state index contributed by atoms with van der Waals surface area (Å²) in [4.78, 5) is 37.1. The summed E-state index contributed by atoms with van der Waals surface area (Å²) in [6, 6.07) is 18.0. The van der Waals surface area contributed by atoms with Crippen molar-refractivity contribution >= 4 is 23.5 Å². The first-order valence-corrected chi connectivity index (χ1v) is 8.55. The zero-order valence-electron chi connectivity index (χ0n) is 15.1. The average molecular weight is 370 g/mol. The molecule has 2 aromatic carbocycles. The molecular formula is C20H22N2O5. The van der Waals surface area contributed by atoms with E-state index in [2.05, 4.69) is 5.32 Å². The topological polar surface area (TPSA) is 84.9 Å². The van der Waals surface area contributed by atoms with E-state index in [-0.39, 0.29) is 19.1 Å². The number of nitrogens with zero attached hydrogens (tertiary/aromatic N) is 1. The number of hydrogen-bond donors (Lipinski definition) is 1. The van der Waals surface area contributed by atoms with Crippen LogP contribution in [0.1, 0.15) is 6.92 Å². The molecule has 0 bridgehead atoms. The number of esters is 1. The second kappa shape index (κ2) is 10.6. The molecule has 0 aliphatic heterocycles. The van der Waals surface area contributed by atoms with Crippen molar-refractivity contribution in [2.75, 3.05) is 31.2 Å². The molecule has 0 saturated carbocycles. The second-order valence-electron chi connectivity index (χ2n) is 5.51. The molecule has 0 unspecified atom stereocenters. The van der Waals surface area contributed by atoms with Crippen molar-refractivity contribution in [2.24, 2.45) is 0 Å². The van der Waals surface area contributed by atoms with Crippen molar-refractivity contribution in [3.05, 3.63) is 60.7 Å². The highest BCUT2D eigenvalue weighted by atomic mass is 16.5. The van der Waals surface area contributed by atoms with E-state index >= 15 is 0 Å². The van der Waals surface area contributed by atoms with Gasteiger partial charge in [0.15, 0.2) is 13.2 Å². The Morgan fingerprint density at radius 2 is 1.56 bits per heavy atom. The predicted octanol–water partition coefficient (Wildman–Crippen LogP) is 1.78. The Morgan fingerprint density at radius 3 is 2.19 bits per heavy atom. The van der Waals surface area contributed by atoms with Gasteiger partial charge in [-0.15, -0.1) is 0 Å². The van der Waals surface area contributed by atoms with E-state index in [0.717, 1.165) is 5.69 Å². The van der Waals surface area contributed by atoms with E-state index in [1.807, 2.05) is 31.2 Å². The fraction of sp³-hybridized carbons (Fsp3) is 0.250. The van der Waals surface area contributed by atoms with Gasteiger partial charge in [-0.2, -0.15) is 0 Å². The Kier molecular flexibility index (Phi) is 7.84. The molecule has 0 aromatic heterocycles. The Morgan fingerprint density at radius 1 is 0.926 bits per heavy atom. The van der Waals surface area contributed by atoms with Crippen LogP contribution in [0.25, 0.3) is 0 Å². The van der Waals surface area contributed by atoms with Crippen LogP contribution in [0.4, 0.5) is 5.69 Å². The third kappa shape index (κ3) is 6.81. The zero-order chi connectivity index (χ0) is 19.5. The summed E-state index contributed by atoms with van der Waals surface area (Å²) in [5.74, 6) is -0.931. The zero-order valence-corrected chi connectivity index (χ0v) is 15.1. The fourth-order valence-corrected chi connectivity index (χ4v) is 2.27. The van der Waals surface area contributed by atoms with Gasteiger partial charge in [-0.05, 0) is 31.2 Å². The lowest BCUT2D eigenvalue weighted by Crippen LogP contribution is -2.37. The number of anilines is 1. The third-order valence-corrected chi connectivity index (χ3v) is 3.58. The van der Waals surface area contributed by atoms with E-state index in [1.54, 1.807) is 36.4 Å². The number of para-hydroxylation sites is 2.